The maximum atomic E-state index is 13.4. The van der Waals surface area contributed by atoms with E-state index in [4.69, 9.17) is 5.73 Å². The number of thioether (sulfide) groups is 1. The fraction of sp³-hybridized carbons (Fsp3) is 0.429. The average Bonchev–Trinajstić information content (AvgIpc) is 3.41. The predicted molar refractivity (Wildman–Crippen MR) is 147 cm³/mol. The van der Waals surface area contributed by atoms with E-state index in [-0.39, 0.29) is 18.7 Å². The second-order valence-electron chi connectivity index (χ2n) is 9.42. The zero-order valence-corrected chi connectivity index (χ0v) is 22.4. The number of amides is 3. The molecule has 4 unspecified atom stereocenters. The number of hydrogen-bond acceptors (Lipinski definition) is 6. The number of carbonyl (C=O) groups excluding carboxylic acids is 3. The van der Waals surface area contributed by atoms with Crippen molar-refractivity contribution < 1.29 is 24.3 Å². The Kier molecular flexibility index (Phi) is 11.2. The van der Waals surface area contributed by atoms with E-state index in [2.05, 4.69) is 10.6 Å². The van der Waals surface area contributed by atoms with Gasteiger partial charge in [-0.25, -0.2) is 4.79 Å². The van der Waals surface area contributed by atoms with Gasteiger partial charge in [-0.15, -0.1) is 0 Å². The van der Waals surface area contributed by atoms with Crippen molar-refractivity contribution in [2.75, 3.05) is 18.6 Å². The second kappa shape index (κ2) is 14.5. The van der Waals surface area contributed by atoms with Crippen LogP contribution in [0.1, 0.15) is 30.4 Å². The number of aliphatic carboxylic acids is 1. The van der Waals surface area contributed by atoms with Crippen molar-refractivity contribution in [3.63, 3.8) is 0 Å². The number of carbonyl (C=O) groups is 4. The van der Waals surface area contributed by atoms with Crippen molar-refractivity contribution in [2.45, 2.75) is 56.3 Å². The highest BCUT2D eigenvalue weighted by Gasteiger charge is 2.38. The van der Waals surface area contributed by atoms with Crippen molar-refractivity contribution in [3.05, 3.63) is 71.8 Å². The van der Waals surface area contributed by atoms with Crippen LogP contribution in [0.5, 0.6) is 0 Å². The van der Waals surface area contributed by atoms with Gasteiger partial charge in [0.15, 0.2) is 0 Å². The molecular weight excluding hydrogens is 504 g/mol. The largest absolute Gasteiger partial charge is 0.480 e. The summed E-state index contributed by atoms with van der Waals surface area (Å²) in [5.74, 6) is -1.90. The highest BCUT2D eigenvalue weighted by molar-refractivity contribution is 7.98. The highest BCUT2D eigenvalue weighted by Crippen LogP contribution is 2.20. The number of nitrogens with one attached hydrogen (secondary N) is 2. The lowest BCUT2D eigenvalue weighted by Crippen LogP contribution is -2.57. The zero-order chi connectivity index (χ0) is 27.5. The molecule has 2 aromatic carbocycles. The fourth-order valence-electron chi connectivity index (χ4n) is 4.56. The third kappa shape index (κ3) is 8.32. The molecule has 1 aliphatic heterocycles. The normalized spacial score (nSPS) is 17.3. The molecule has 0 spiro atoms. The van der Waals surface area contributed by atoms with Crippen LogP contribution in [0.25, 0.3) is 0 Å². The number of carboxylic acids is 1. The molecule has 0 saturated carbocycles. The van der Waals surface area contributed by atoms with Crippen molar-refractivity contribution in [1.82, 2.24) is 15.5 Å². The van der Waals surface area contributed by atoms with E-state index in [1.165, 1.54) is 16.7 Å². The van der Waals surface area contributed by atoms with Crippen LogP contribution in [0.2, 0.25) is 0 Å². The Balaban J connectivity index is 1.71. The number of nitrogens with zero attached hydrogens (tertiary/aromatic N) is 1. The number of likely N-dealkylation sites (tertiary alicyclic amines) is 1. The summed E-state index contributed by atoms with van der Waals surface area (Å²) in [5, 5.41) is 14.9. The maximum absolute atomic E-state index is 13.4. The Labute approximate surface area is 227 Å². The number of carboxylic acid groups (broad SMARTS) is 1. The SMILES string of the molecule is CSCCC(NC(=O)C(Cc1ccccc1)NC(=O)C1CCCN1C(=O)C(N)Cc1ccccc1)C(=O)O. The van der Waals surface area contributed by atoms with Crippen LogP contribution in [0.4, 0.5) is 0 Å². The summed E-state index contributed by atoms with van der Waals surface area (Å²) in [6.45, 7) is 0.407. The molecule has 4 atom stereocenters. The predicted octanol–water partition coefficient (Wildman–Crippen LogP) is 1.60. The minimum Gasteiger partial charge on any atom is -0.480 e. The van der Waals surface area contributed by atoms with Crippen LogP contribution < -0.4 is 16.4 Å². The monoisotopic (exact) mass is 540 g/mol. The van der Waals surface area contributed by atoms with Crippen molar-refractivity contribution >= 4 is 35.5 Å². The molecule has 1 fully saturated rings. The van der Waals surface area contributed by atoms with Gasteiger partial charge < -0.3 is 26.4 Å². The Morgan fingerprint density at radius 1 is 0.974 bits per heavy atom. The third-order valence-corrected chi connectivity index (χ3v) is 7.24. The van der Waals surface area contributed by atoms with Gasteiger partial charge >= 0.3 is 5.97 Å². The molecule has 0 aliphatic carbocycles. The van der Waals surface area contributed by atoms with E-state index >= 15 is 0 Å². The first-order valence-corrected chi connectivity index (χ1v) is 14.2. The molecule has 10 heteroatoms. The van der Waals surface area contributed by atoms with Gasteiger partial charge in [0.05, 0.1) is 6.04 Å². The van der Waals surface area contributed by atoms with Gasteiger partial charge in [0.2, 0.25) is 17.7 Å². The molecule has 0 aromatic heterocycles. The molecule has 1 saturated heterocycles. The Hall–Kier alpha value is -3.37. The first kappa shape index (κ1) is 29.2. The number of benzene rings is 2. The molecule has 3 amide bonds. The molecular formula is C28H36N4O5S. The van der Waals surface area contributed by atoms with Gasteiger partial charge in [-0.05, 0) is 48.8 Å². The summed E-state index contributed by atoms with van der Waals surface area (Å²) < 4.78 is 0. The summed E-state index contributed by atoms with van der Waals surface area (Å²) in [7, 11) is 0. The van der Waals surface area contributed by atoms with Crippen LogP contribution in [0.15, 0.2) is 60.7 Å². The smallest absolute Gasteiger partial charge is 0.326 e. The first-order valence-electron chi connectivity index (χ1n) is 12.8. The van der Waals surface area contributed by atoms with Crippen LogP contribution in [0, 0.1) is 0 Å². The summed E-state index contributed by atoms with van der Waals surface area (Å²) >= 11 is 1.49. The molecule has 204 valence electrons. The van der Waals surface area contributed by atoms with Crippen LogP contribution in [0.3, 0.4) is 0 Å². The summed E-state index contributed by atoms with van der Waals surface area (Å²) in [6.07, 6.45) is 3.77. The van der Waals surface area contributed by atoms with Crippen LogP contribution in [-0.4, -0.2) is 76.4 Å². The Morgan fingerprint density at radius 2 is 1.58 bits per heavy atom. The lowest BCUT2D eigenvalue weighted by atomic mass is 10.0. The number of hydrogen-bond donors (Lipinski definition) is 4. The van der Waals surface area contributed by atoms with E-state index < -0.39 is 42.0 Å². The Bertz CT molecular complexity index is 1090. The van der Waals surface area contributed by atoms with Crippen molar-refractivity contribution in [2.24, 2.45) is 5.73 Å². The minimum absolute atomic E-state index is 0.182. The quantitative estimate of drug-likeness (QED) is 0.302. The average molecular weight is 541 g/mol. The number of rotatable bonds is 13. The van der Waals surface area contributed by atoms with Gasteiger partial charge in [0.1, 0.15) is 18.1 Å². The van der Waals surface area contributed by atoms with Crippen LogP contribution in [-0.2, 0) is 32.0 Å². The first-order chi connectivity index (χ1) is 18.3. The van der Waals surface area contributed by atoms with Gasteiger partial charge in [0, 0.05) is 13.0 Å². The van der Waals surface area contributed by atoms with Gasteiger partial charge in [-0.1, -0.05) is 60.7 Å². The van der Waals surface area contributed by atoms with Gasteiger partial charge in [-0.2, -0.15) is 11.8 Å². The van der Waals surface area contributed by atoms with E-state index in [0.29, 0.717) is 31.6 Å². The van der Waals surface area contributed by atoms with E-state index in [1.807, 2.05) is 66.9 Å². The van der Waals surface area contributed by atoms with Gasteiger partial charge in [-0.3, -0.25) is 14.4 Å². The molecule has 1 aliphatic rings. The van der Waals surface area contributed by atoms with E-state index in [0.717, 1.165) is 11.1 Å². The lowest BCUT2D eigenvalue weighted by Gasteiger charge is -2.29. The minimum atomic E-state index is -1.13. The molecule has 38 heavy (non-hydrogen) atoms. The van der Waals surface area contributed by atoms with Crippen LogP contribution >= 0.6 is 11.8 Å². The zero-order valence-electron chi connectivity index (χ0n) is 21.5. The lowest BCUT2D eigenvalue weighted by molar-refractivity contribution is -0.143. The number of nitrogens with two attached hydrogens (primary N) is 1. The van der Waals surface area contributed by atoms with E-state index in [9.17, 15) is 24.3 Å². The molecule has 1 heterocycles. The van der Waals surface area contributed by atoms with Gasteiger partial charge in [0.25, 0.3) is 0 Å². The topological polar surface area (TPSA) is 142 Å². The van der Waals surface area contributed by atoms with E-state index in [1.54, 1.807) is 0 Å². The molecule has 2 aromatic rings. The second-order valence-corrected chi connectivity index (χ2v) is 10.4. The summed E-state index contributed by atoms with van der Waals surface area (Å²) in [4.78, 5) is 53.0. The standard InChI is InChI=1S/C28H36N4O5S/c1-38-16-14-22(28(36)37)30-25(33)23(18-20-11-6-3-7-12-20)31-26(34)24-13-8-15-32(24)27(35)21(29)17-19-9-4-2-5-10-19/h2-7,9-12,21-24H,8,13-18,29H2,1H3,(H,30,33)(H,31,34)(H,36,37). The summed E-state index contributed by atoms with van der Waals surface area (Å²) in [6, 6.07) is 15.0. The molecule has 0 radical (unpaired) electrons. The van der Waals surface area contributed by atoms with Crippen molar-refractivity contribution in [3.8, 4) is 0 Å². The van der Waals surface area contributed by atoms with Crippen molar-refractivity contribution in [1.29, 1.82) is 0 Å². The summed E-state index contributed by atoms with van der Waals surface area (Å²) in [5.41, 5.74) is 7.97. The molecule has 5 N–H and O–H groups in total. The molecule has 9 nitrogen and oxygen atoms in total. The molecule has 0 bridgehead atoms. The highest BCUT2D eigenvalue weighted by atomic mass is 32.2. The molecule has 3 rings (SSSR count). The maximum Gasteiger partial charge on any atom is 0.326 e. The fourth-order valence-corrected chi connectivity index (χ4v) is 5.04. The Morgan fingerprint density at radius 3 is 2.16 bits per heavy atom. The third-order valence-electron chi connectivity index (χ3n) is 6.60.